The summed E-state index contributed by atoms with van der Waals surface area (Å²) in [4.78, 5) is 30.2. The van der Waals surface area contributed by atoms with Crippen molar-refractivity contribution in [2.45, 2.75) is 57.4 Å². The molecule has 1 aliphatic heterocycles. The maximum absolute atomic E-state index is 13.5. The predicted octanol–water partition coefficient (Wildman–Crippen LogP) is 4.64. The van der Waals surface area contributed by atoms with Crippen molar-refractivity contribution in [3.63, 3.8) is 0 Å². The van der Waals surface area contributed by atoms with Gasteiger partial charge in [-0.25, -0.2) is 4.72 Å². The van der Waals surface area contributed by atoms with E-state index in [4.69, 9.17) is 4.74 Å². The van der Waals surface area contributed by atoms with Crippen molar-refractivity contribution in [3.8, 4) is 17.0 Å². The van der Waals surface area contributed by atoms with Gasteiger partial charge in [0.1, 0.15) is 5.75 Å². The SMILES string of the molecule is COc1ccc2c(c1)C=C(CC(=O)N(C)CCN(C)C)Cn1c-2c(C2CCCCC2)c2ccc(CC(=O)NS(=O)(=O)N(C)C)cc21. The molecular formula is C35H47N5O5S. The van der Waals surface area contributed by atoms with Gasteiger partial charge >= 0.3 is 10.2 Å². The van der Waals surface area contributed by atoms with Crippen LogP contribution in [0.15, 0.2) is 42.0 Å². The van der Waals surface area contributed by atoms with Gasteiger partial charge in [0.25, 0.3) is 0 Å². The first-order chi connectivity index (χ1) is 21.9. The molecule has 248 valence electrons. The molecule has 0 atom stereocenters. The Bertz CT molecular complexity index is 1750. The van der Waals surface area contributed by atoms with Crippen molar-refractivity contribution in [2.24, 2.45) is 0 Å². The van der Waals surface area contributed by atoms with Crippen molar-refractivity contribution in [2.75, 3.05) is 55.4 Å². The quantitative estimate of drug-likeness (QED) is 0.325. The molecule has 0 bridgehead atoms. The highest BCUT2D eigenvalue weighted by molar-refractivity contribution is 7.87. The van der Waals surface area contributed by atoms with Crippen molar-refractivity contribution in [1.82, 2.24) is 23.4 Å². The second-order valence-electron chi connectivity index (χ2n) is 13.1. The number of hydrogen-bond acceptors (Lipinski definition) is 6. The maximum atomic E-state index is 13.5. The molecule has 2 amide bonds. The minimum absolute atomic E-state index is 0.0597. The molecule has 1 aromatic heterocycles. The van der Waals surface area contributed by atoms with Crippen LogP contribution in [-0.2, 0) is 32.8 Å². The average Bonchev–Trinajstić information content (AvgIpc) is 3.22. The van der Waals surface area contributed by atoms with Crippen LogP contribution in [0.2, 0.25) is 0 Å². The molecule has 5 rings (SSSR count). The molecule has 0 spiro atoms. The van der Waals surface area contributed by atoms with Crippen LogP contribution in [0, 0.1) is 0 Å². The summed E-state index contributed by atoms with van der Waals surface area (Å²) in [5.74, 6) is 0.618. The standard InChI is InChI=1S/C35H47N5O5S/c1-37(2)16-17-39(5)33(42)21-25-18-27-22-28(45-6)13-15-29(27)35-34(26-10-8-7-9-11-26)30-14-12-24(19-31(30)40(35)23-25)20-32(41)36-46(43,44)38(3)4/h12-15,18-19,22,26H,7-11,16-17,20-21,23H2,1-6H3,(H,36,41). The number of hydrogen-bond donors (Lipinski definition) is 1. The third-order valence-corrected chi connectivity index (χ3v) is 10.6. The van der Waals surface area contributed by atoms with Crippen LogP contribution in [0.3, 0.4) is 0 Å². The molecule has 46 heavy (non-hydrogen) atoms. The Hall–Kier alpha value is -3.67. The van der Waals surface area contributed by atoms with E-state index in [9.17, 15) is 18.0 Å². The van der Waals surface area contributed by atoms with Crippen LogP contribution in [0.25, 0.3) is 28.2 Å². The number of nitrogens with one attached hydrogen (secondary N) is 1. The molecule has 2 aromatic carbocycles. The Balaban J connectivity index is 1.63. The lowest BCUT2D eigenvalue weighted by atomic mass is 9.81. The normalized spacial score (nSPS) is 15.3. The van der Waals surface area contributed by atoms with E-state index in [1.54, 1.807) is 12.0 Å². The van der Waals surface area contributed by atoms with E-state index in [0.717, 1.165) is 68.3 Å². The second kappa shape index (κ2) is 14.0. The molecule has 0 unspecified atom stereocenters. The first kappa shape index (κ1) is 33.7. The van der Waals surface area contributed by atoms with Crippen LogP contribution in [0.4, 0.5) is 0 Å². The maximum Gasteiger partial charge on any atom is 0.303 e. The summed E-state index contributed by atoms with van der Waals surface area (Å²) >= 11 is 0. The van der Waals surface area contributed by atoms with Gasteiger partial charge in [-0.05, 0) is 79.4 Å². The number of carbonyl (C=O) groups is 2. The number of fused-ring (bicyclic) bond motifs is 5. The molecule has 3 aromatic rings. The van der Waals surface area contributed by atoms with Gasteiger partial charge in [-0.15, -0.1) is 0 Å². The van der Waals surface area contributed by atoms with Crippen LogP contribution >= 0.6 is 0 Å². The molecule has 1 fully saturated rings. The van der Waals surface area contributed by atoms with Crippen molar-refractivity contribution < 1.29 is 22.7 Å². The number of likely N-dealkylation sites (N-methyl/N-ethyl adjacent to an activating group) is 2. The first-order valence-corrected chi connectivity index (χ1v) is 17.5. The lowest BCUT2D eigenvalue weighted by Gasteiger charge is -2.24. The highest BCUT2D eigenvalue weighted by Gasteiger charge is 2.30. The van der Waals surface area contributed by atoms with Gasteiger partial charge in [0.2, 0.25) is 11.8 Å². The monoisotopic (exact) mass is 649 g/mol. The molecule has 10 nitrogen and oxygen atoms in total. The van der Waals surface area contributed by atoms with Gasteiger partial charge in [-0.2, -0.15) is 12.7 Å². The minimum Gasteiger partial charge on any atom is -0.497 e. The van der Waals surface area contributed by atoms with E-state index in [1.165, 1.54) is 38.9 Å². The third-order valence-electron chi connectivity index (χ3n) is 9.19. The number of methoxy groups -OCH3 is 1. The van der Waals surface area contributed by atoms with Crippen molar-refractivity contribution in [1.29, 1.82) is 0 Å². The molecule has 11 heteroatoms. The molecular weight excluding hydrogens is 602 g/mol. The molecule has 0 saturated heterocycles. The highest BCUT2D eigenvalue weighted by atomic mass is 32.2. The number of amides is 2. The summed E-state index contributed by atoms with van der Waals surface area (Å²) in [5, 5.41) is 1.14. The average molecular weight is 650 g/mol. The van der Waals surface area contributed by atoms with Crippen molar-refractivity contribution in [3.05, 3.63) is 58.7 Å². The zero-order chi connectivity index (χ0) is 33.2. The van der Waals surface area contributed by atoms with Gasteiger partial charge in [0.15, 0.2) is 0 Å². The van der Waals surface area contributed by atoms with Crippen LogP contribution < -0.4 is 9.46 Å². The number of nitrogens with zero attached hydrogens (tertiary/aromatic N) is 4. The molecule has 1 N–H and O–H groups in total. The molecule has 2 aliphatic rings. The summed E-state index contributed by atoms with van der Waals surface area (Å²) in [6, 6.07) is 12.2. The van der Waals surface area contributed by atoms with Gasteiger partial charge in [-0.3, -0.25) is 9.59 Å². The van der Waals surface area contributed by atoms with Crippen LogP contribution in [0.5, 0.6) is 5.75 Å². The van der Waals surface area contributed by atoms with Crippen LogP contribution in [0.1, 0.15) is 61.1 Å². The summed E-state index contributed by atoms with van der Waals surface area (Å²) in [5.41, 5.74) is 7.27. The van der Waals surface area contributed by atoms with E-state index in [2.05, 4.69) is 38.5 Å². The Labute approximate surface area is 273 Å². The molecule has 2 heterocycles. The number of benzene rings is 2. The summed E-state index contributed by atoms with van der Waals surface area (Å²) in [6.45, 7) is 1.94. The Morgan fingerprint density at radius 3 is 2.37 bits per heavy atom. The molecule has 1 saturated carbocycles. The fourth-order valence-electron chi connectivity index (χ4n) is 6.63. The second-order valence-corrected chi connectivity index (χ2v) is 15.0. The largest absolute Gasteiger partial charge is 0.497 e. The zero-order valence-electron chi connectivity index (χ0n) is 27.9. The number of carbonyl (C=O) groups excluding carboxylic acids is 2. The number of ether oxygens (including phenoxy) is 1. The Morgan fingerprint density at radius 2 is 1.70 bits per heavy atom. The zero-order valence-corrected chi connectivity index (χ0v) is 28.7. The first-order valence-electron chi connectivity index (χ1n) is 16.0. The summed E-state index contributed by atoms with van der Waals surface area (Å²) < 4.78 is 35.7. The third kappa shape index (κ3) is 7.32. The summed E-state index contributed by atoms with van der Waals surface area (Å²) in [7, 11) is 6.39. The fourth-order valence-corrected chi connectivity index (χ4v) is 7.17. The van der Waals surface area contributed by atoms with Gasteiger partial charge in [0, 0.05) is 63.7 Å². The highest BCUT2D eigenvalue weighted by Crippen LogP contribution is 2.47. The Morgan fingerprint density at radius 1 is 0.957 bits per heavy atom. The lowest BCUT2D eigenvalue weighted by molar-refractivity contribution is -0.129. The molecule has 1 aliphatic carbocycles. The predicted molar refractivity (Wildman–Crippen MR) is 183 cm³/mol. The minimum atomic E-state index is -3.89. The van der Waals surface area contributed by atoms with E-state index < -0.39 is 16.1 Å². The topological polar surface area (TPSA) is 104 Å². The van der Waals surface area contributed by atoms with Gasteiger partial charge in [0.05, 0.1) is 19.2 Å². The fraction of sp³-hybridized carbons (Fsp3) is 0.486. The molecule has 0 radical (unpaired) electrons. The van der Waals surface area contributed by atoms with Gasteiger partial charge < -0.3 is 19.1 Å². The van der Waals surface area contributed by atoms with E-state index in [-0.39, 0.29) is 18.7 Å². The van der Waals surface area contributed by atoms with Gasteiger partial charge in [-0.1, -0.05) is 37.5 Å². The number of rotatable bonds is 11. The number of aromatic nitrogens is 1. The smallest absolute Gasteiger partial charge is 0.303 e. The van der Waals surface area contributed by atoms with E-state index in [0.29, 0.717) is 19.0 Å². The Kier molecular flexibility index (Phi) is 10.2. The van der Waals surface area contributed by atoms with Crippen molar-refractivity contribution >= 4 is 39.0 Å². The summed E-state index contributed by atoms with van der Waals surface area (Å²) in [6.07, 6.45) is 8.17. The van der Waals surface area contributed by atoms with Crippen LogP contribution in [-0.4, -0.2) is 94.3 Å². The van der Waals surface area contributed by atoms with E-state index >= 15 is 0 Å². The lowest BCUT2D eigenvalue weighted by Crippen LogP contribution is -2.40. The van der Waals surface area contributed by atoms with E-state index in [1.807, 2.05) is 39.3 Å².